The van der Waals surface area contributed by atoms with Gasteiger partial charge in [0.2, 0.25) is 10.0 Å². The van der Waals surface area contributed by atoms with Gasteiger partial charge < -0.3 is 5.32 Å². The highest BCUT2D eigenvalue weighted by molar-refractivity contribution is 7.89. The average molecular weight is 390 g/mol. The summed E-state index contributed by atoms with van der Waals surface area (Å²) in [5.74, 6) is -0.924. The number of hydrogen-bond acceptors (Lipinski definition) is 3. The molecule has 1 N–H and O–H groups in total. The van der Waals surface area contributed by atoms with Crippen molar-refractivity contribution in [1.82, 2.24) is 4.31 Å². The number of carbonyl (C=O) groups excluding carboxylic acids is 1. The number of halogens is 1. The molecular weight excluding hydrogens is 367 g/mol. The van der Waals surface area contributed by atoms with E-state index >= 15 is 0 Å². The van der Waals surface area contributed by atoms with Crippen molar-refractivity contribution < 1.29 is 17.6 Å². The van der Waals surface area contributed by atoms with Crippen molar-refractivity contribution in [3.63, 3.8) is 0 Å². The molecular formula is C20H23FN2O3S. The number of nitrogens with zero attached hydrogens (tertiary/aromatic N) is 1. The summed E-state index contributed by atoms with van der Waals surface area (Å²) in [4.78, 5) is 12.7. The van der Waals surface area contributed by atoms with Crippen LogP contribution in [0.15, 0.2) is 41.3 Å². The molecule has 27 heavy (non-hydrogen) atoms. The second-order valence-electron chi connectivity index (χ2n) is 6.86. The van der Waals surface area contributed by atoms with E-state index < -0.39 is 21.7 Å². The van der Waals surface area contributed by atoms with E-state index in [0.29, 0.717) is 24.3 Å². The molecule has 0 atom stereocenters. The predicted octanol–water partition coefficient (Wildman–Crippen LogP) is 3.87. The Kier molecular flexibility index (Phi) is 5.62. The van der Waals surface area contributed by atoms with Crippen LogP contribution in [0.25, 0.3) is 0 Å². The molecule has 1 saturated heterocycles. The van der Waals surface area contributed by atoms with Gasteiger partial charge in [-0.25, -0.2) is 12.8 Å². The molecule has 1 aliphatic rings. The molecule has 1 fully saturated rings. The predicted molar refractivity (Wildman–Crippen MR) is 103 cm³/mol. The minimum absolute atomic E-state index is 0.146. The van der Waals surface area contributed by atoms with Gasteiger partial charge in [0.1, 0.15) is 5.82 Å². The lowest BCUT2D eigenvalue weighted by Crippen LogP contribution is -2.36. The first kappa shape index (κ1) is 19.5. The summed E-state index contributed by atoms with van der Waals surface area (Å²) in [6.45, 7) is 4.48. The molecule has 2 aromatic carbocycles. The van der Waals surface area contributed by atoms with Crippen molar-refractivity contribution in [3.05, 3.63) is 58.9 Å². The second-order valence-corrected chi connectivity index (χ2v) is 8.76. The third kappa shape index (κ3) is 4.20. The van der Waals surface area contributed by atoms with E-state index in [-0.39, 0.29) is 10.5 Å². The Labute approximate surface area is 159 Å². The van der Waals surface area contributed by atoms with Gasteiger partial charge in [-0.3, -0.25) is 4.79 Å². The molecule has 5 nitrogen and oxygen atoms in total. The molecule has 1 heterocycles. The number of benzene rings is 2. The molecule has 0 spiro atoms. The minimum Gasteiger partial charge on any atom is -0.322 e. The zero-order valence-electron chi connectivity index (χ0n) is 15.5. The third-order valence-electron chi connectivity index (χ3n) is 4.83. The first-order chi connectivity index (χ1) is 12.8. The van der Waals surface area contributed by atoms with Crippen LogP contribution in [0, 0.1) is 19.7 Å². The van der Waals surface area contributed by atoms with Gasteiger partial charge in [-0.15, -0.1) is 0 Å². The first-order valence-corrected chi connectivity index (χ1v) is 10.4. The number of anilines is 1. The standard InChI is InChI=1S/C20H23FN2O3S/c1-14-7-9-17(21)13-18(14)22-20(24)16-8-6-15(2)19(12-16)27(25,26)23-10-4-3-5-11-23/h6-9,12-13H,3-5,10-11H2,1-2H3,(H,22,24). The number of rotatable bonds is 4. The summed E-state index contributed by atoms with van der Waals surface area (Å²) >= 11 is 0. The highest BCUT2D eigenvalue weighted by Crippen LogP contribution is 2.25. The van der Waals surface area contributed by atoms with Gasteiger partial charge in [0.25, 0.3) is 5.91 Å². The van der Waals surface area contributed by atoms with Crippen molar-refractivity contribution >= 4 is 21.6 Å². The van der Waals surface area contributed by atoms with Crippen LogP contribution in [-0.2, 0) is 10.0 Å². The number of amides is 1. The average Bonchev–Trinajstić information content (AvgIpc) is 2.65. The maximum atomic E-state index is 13.4. The van der Waals surface area contributed by atoms with Crippen LogP contribution in [0.4, 0.5) is 10.1 Å². The highest BCUT2D eigenvalue weighted by Gasteiger charge is 2.28. The zero-order valence-corrected chi connectivity index (χ0v) is 16.3. The van der Waals surface area contributed by atoms with Crippen LogP contribution in [0.2, 0.25) is 0 Å². The number of nitrogens with one attached hydrogen (secondary N) is 1. The maximum absolute atomic E-state index is 13.4. The molecule has 0 aliphatic carbocycles. The molecule has 0 saturated carbocycles. The number of hydrogen-bond donors (Lipinski definition) is 1. The second kappa shape index (κ2) is 7.78. The molecule has 0 unspecified atom stereocenters. The lowest BCUT2D eigenvalue weighted by Gasteiger charge is -2.26. The Morgan fingerprint density at radius 3 is 2.37 bits per heavy atom. The van der Waals surface area contributed by atoms with Crippen molar-refractivity contribution in [3.8, 4) is 0 Å². The summed E-state index contributed by atoms with van der Waals surface area (Å²) in [6.07, 6.45) is 2.72. The Morgan fingerprint density at radius 1 is 1.00 bits per heavy atom. The number of sulfonamides is 1. The van der Waals surface area contributed by atoms with Gasteiger partial charge in [0.15, 0.2) is 0 Å². The van der Waals surface area contributed by atoms with E-state index in [1.807, 2.05) is 0 Å². The van der Waals surface area contributed by atoms with E-state index in [9.17, 15) is 17.6 Å². The largest absolute Gasteiger partial charge is 0.322 e. The van der Waals surface area contributed by atoms with Gasteiger partial charge >= 0.3 is 0 Å². The van der Waals surface area contributed by atoms with Crippen LogP contribution in [0.1, 0.15) is 40.7 Å². The quantitative estimate of drug-likeness (QED) is 0.862. The number of carbonyl (C=O) groups is 1. The normalized spacial score (nSPS) is 15.5. The van der Waals surface area contributed by atoms with E-state index in [1.165, 1.54) is 22.5 Å². The fraction of sp³-hybridized carbons (Fsp3) is 0.350. The fourth-order valence-corrected chi connectivity index (χ4v) is 4.95. The summed E-state index contributed by atoms with van der Waals surface area (Å²) < 4.78 is 40.9. The smallest absolute Gasteiger partial charge is 0.255 e. The monoisotopic (exact) mass is 390 g/mol. The van der Waals surface area contributed by atoms with E-state index in [2.05, 4.69) is 5.32 Å². The molecule has 1 amide bonds. The van der Waals surface area contributed by atoms with Crippen molar-refractivity contribution in [2.24, 2.45) is 0 Å². The van der Waals surface area contributed by atoms with Gasteiger partial charge in [-0.05, 0) is 62.1 Å². The summed E-state index contributed by atoms with van der Waals surface area (Å²) in [5.41, 5.74) is 1.90. The molecule has 7 heteroatoms. The zero-order chi connectivity index (χ0) is 19.6. The Balaban J connectivity index is 1.90. The third-order valence-corrected chi connectivity index (χ3v) is 6.87. The van der Waals surface area contributed by atoms with Crippen molar-refractivity contribution in [1.29, 1.82) is 0 Å². The lowest BCUT2D eigenvalue weighted by atomic mass is 10.1. The fourth-order valence-electron chi connectivity index (χ4n) is 3.19. The SMILES string of the molecule is Cc1ccc(F)cc1NC(=O)c1ccc(C)c(S(=O)(=O)N2CCCCC2)c1. The molecule has 2 aromatic rings. The van der Waals surface area contributed by atoms with Gasteiger partial charge in [0, 0.05) is 24.3 Å². The molecule has 0 radical (unpaired) electrons. The van der Waals surface area contributed by atoms with Crippen molar-refractivity contribution in [2.45, 2.75) is 38.0 Å². The molecule has 144 valence electrons. The van der Waals surface area contributed by atoms with Crippen LogP contribution >= 0.6 is 0 Å². The van der Waals surface area contributed by atoms with E-state index in [1.54, 1.807) is 32.0 Å². The Morgan fingerprint density at radius 2 is 1.67 bits per heavy atom. The van der Waals surface area contributed by atoms with Crippen LogP contribution < -0.4 is 5.32 Å². The lowest BCUT2D eigenvalue weighted by molar-refractivity contribution is 0.102. The number of aryl methyl sites for hydroxylation is 2. The van der Waals surface area contributed by atoms with Gasteiger partial charge in [-0.2, -0.15) is 4.31 Å². The summed E-state index contributed by atoms with van der Waals surface area (Å²) in [5, 5.41) is 2.66. The van der Waals surface area contributed by atoms with Crippen LogP contribution in [0.3, 0.4) is 0 Å². The van der Waals surface area contributed by atoms with Gasteiger partial charge in [0.05, 0.1) is 4.90 Å². The molecule has 0 bridgehead atoms. The summed E-state index contributed by atoms with van der Waals surface area (Å²) in [7, 11) is -3.64. The van der Waals surface area contributed by atoms with Crippen LogP contribution in [0.5, 0.6) is 0 Å². The Bertz CT molecular complexity index is 967. The number of piperidine rings is 1. The van der Waals surface area contributed by atoms with Crippen LogP contribution in [-0.4, -0.2) is 31.7 Å². The topological polar surface area (TPSA) is 66.5 Å². The Hall–Kier alpha value is -2.25. The molecule has 3 rings (SSSR count). The molecule has 1 aliphatic heterocycles. The first-order valence-electron chi connectivity index (χ1n) is 8.97. The van der Waals surface area contributed by atoms with Gasteiger partial charge in [-0.1, -0.05) is 18.6 Å². The van der Waals surface area contributed by atoms with E-state index in [4.69, 9.17) is 0 Å². The van der Waals surface area contributed by atoms with Crippen molar-refractivity contribution in [2.75, 3.05) is 18.4 Å². The minimum atomic E-state index is -3.64. The highest BCUT2D eigenvalue weighted by atomic mass is 32.2. The summed E-state index contributed by atoms with van der Waals surface area (Å²) in [6, 6.07) is 8.75. The maximum Gasteiger partial charge on any atom is 0.255 e. The molecule has 0 aromatic heterocycles. The van der Waals surface area contributed by atoms with E-state index in [0.717, 1.165) is 24.8 Å².